The van der Waals surface area contributed by atoms with E-state index in [1.807, 2.05) is 0 Å². The van der Waals surface area contributed by atoms with Crippen LogP contribution in [-0.2, 0) is 0 Å². The Balaban J connectivity index is 2.20. The molecule has 2 nitrogen and oxygen atoms in total. The summed E-state index contributed by atoms with van der Waals surface area (Å²) in [5, 5.41) is 0. The first-order valence-electron chi connectivity index (χ1n) is 7.19. The number of rotatable bonds is 4. The van der Waals surface area contributed by atoms with Gasteiger partial charge in [0.05, 0.1) is 0 Å². The fourth-order valence-electron chi connectivity index (χ4n) is 3.36. The molecule has 0 spiro atoms. The molecule has 1 saturated carbocycles. The summed E-state index contributed by atoms with van der Waals surface area (Å²) in [6.45, 7) is 6.64. The highest BCUT2D eigenvalue weighted by Crippen LogP contribution is 2.40. The number of nitrogens with two attached hydrogens (primary N) is 1. The summed E-state index contributed by atoms with van der Waals surface area (Å²) >= 11 is 0. The van der Waals surface area contributed by atoms with Crippen LogP contribution in [0, 0.1) is 25.7 Å². The maximum Gasteiger partial charge on any atom is 0.0490 e. The first kappa shape index (κ1) is 13.6. The molecule has 0 heterocycles. The molecule has 2 rings (SSSR count). The molecule has 2 heteroatoms. The van der Waals surface area contributed by atoms with Crippen molar-refractivity contribution in [3.05, 3.63) is 34.9 Å². The highest BCUT2D eigenvalue weighted by Gasteiger charge is 2.31. The minimum Gasteiger partial charge on any atom is -0.271 e. The molecule has 1 fully saturated rings. The average molecular weight is 246 g/mol. The molecule has 0 amide bonds. The molecule has 0 aliphatic heterocycles. The Labute approximate surface area is 111 Å². The number of benzene rings is 1. The van der Waals surface area contributed by atoms with Crippen LogP contribution in [0.1, 0.15) is 55.3 Å². The number of nitrogens with one attached hydrogen (secondary N) is 1. The molecule has 0 saturated heterocycles. The minimum atomic E-state index is 0.321. The normalized spacial score (nSPS) is 25.3. The maximum absolute atomic E-state index is 5.84. The van der Waals surface area contributed by atoms with Crippen molar-refractivity contribution in [2.45, 2.75) is 52.5 Å². The van der Waals surface area contributed by atoms with E-state index >= 15 is 0 Å². The molecule has 3 atom stereocenters. The second kappa shape index (κ2) is 5.85. The van der Waals surface area contributed by atoms with Gasteiger partial charge in [0.1, 0.15) is 0 Å². The lowest BCUT2D eigenvalue weighted by atomic mass is 9.88. The van der Waals surface area contributed by atoms with Crippen molar-refractivity contribution in [1.29, 1.82) is 0 Å². The lowest BCUT2D eigenvalue weighted by Gasteiger charge is -2.25. The molecule has 0 radical (unpaired) electrons. The van der Waals surface area contributed by atoms with E-state index in [4.69, 9.17) is 5.84 Å². The first-order valence-corrected chi connectivity index (χ1v) is 7.19. The monoisotopic (exact) mass is 246 g/mol. The fourth-order valence-corrected chi connectivity index (χ4v) is 3.36. The third kappa shape index (κ3) is 2.76. The van der Waals surface area contributed by atoms with E-state index < -0.39 is 0 Å². The van der Waals surface area contributed by atoms with Crippen LogP contribution in [0.4, 0.5) is 0 Å². The molecule has 0 aromatic heterocycles. The number of hydrogen-bond acceptors (Lipinski definition) is 2. The average Bonchev–Trinajstić information content (AvgIpc) is 2.83. The predicted octanol–water partition coefficient (Wildman–Crippen LogP) is 3.63. The fraction of sp³-hybridized carbons (Fsp3) is 0.625. The summed E-state index contributed by atoms with van der Waals surface area (Å²) in [5.74, 6) is 7.43. The van der Waals surface area contributed by atoms with Gasteiger partial charge in [-0.15, -0.1) is 0 Å². The molecule has 3 N–H and O–H groups in total. The van der Waals surface area contributed by atoms with Crippen LogP contribution >= 0.6 is 0 Å². The molecule has 3 unspecified atom stereocenters. The van der Waals surface area contributed by atoms with E-state index in [0.717, 1.165) is 5.92 Å². The number of hydrogen-bond donors (Lipinski definition) is 2. The minimum absolute atomic E-state index is 0.321. The molecule has 1 aliphatic carbocycles. The Bertz CT molecular complexity index is 400. The standard InChI is InChI=1S/C16H26N2/c1-4-13-7-8-14(10-13)16(18-17)15-9-11(2)5-6-12(15)3/h5-6,9,13-14,16,18H,4,7-8,10,17H2,1-3H3. The Morgan fingerprint density at radius 2 is 2.11 bits per heavy atom. The highest BCUT2D eigenvalue weighted by molar-refractivity contribution is 5.33. The summed E-state index contributed by atoms with van der Waals surface area (Å²) in [7, 11) is 0. The summed E-state index contributed by atoms with van der Waals surface area (Å²) in [4.78, 5) is 0. The van der Waals surface area contributed by atoms with Crippen LogP contribution in [0.2, 0.25) is 0 Å². The van der Waals surface area contributed by atoms with Gasteiger partial charge >= 0.3 is 0 Å². The van der Waals surface area contributed by atoms with E-state index in [2.05, 4.69) is 44.4 Å². The van der Waals surface area contributed by atoms with Crippen molar-refractivity contribution < 1.29 is 0 Å². The molecular formula is C16H26N2. The number of aryl methyl sites for hydroxylation is 2. The first-order chi connectivity index (χ1) is 8.65. The lowest BCUT2D eigenvalue weighted by Crippen LogP contribution is -2.33. The second-order valence-electron chi connectivity index (χ2n) is 5.85. The van der Waals surface area contributed by atoms with Gasteiger partial charge in [-0.2, -0.15) is 0 Å². The van der Waals surface area contributed by atoms with Crippen molar-refractivity contribution in [3.8, 4) is 0 Å². The van der Waals surface area contributed by atoms with E-state index in [1.165, 1.54) is 42.4 Å². The van der Waals surface area contributed by atoms with E-state index in [9.17, 15) is 0 Å². The van der Waals surface area contributed by atoms with Gasteiger partial charge in [-0.1, -0.05) is 43.5 Å². The van der Waals surface area contributed by atoms with Crippen LogP contribution < -0.4 is 11.3 Å². The van der Waals surface area contributed by atoms with Gasteiger partial charge in [-0.3, -0.25) is 11.3 Å². The van der Waals surface area contributed by atoms with Gasteiger partial charge in [0.2, 0.25) is 0 Å². The largest absolute Gasteiger partial charge is 0.271 e. The zero-order chi connectivity index (χ0) is 13.1. The molecule has 100 valence electrons. The van der Waals surface area contributed by atoms with Crippen LogP contribution in [0.15, 0.2) is 18.2 Å². The van der Waals surface area contributed by atoms with Crippen molar-refractivity contribution in [3.63, 3.8) is 0 Å². The third-order valence-corrected chi connectivity index (χ3v) is 4.58. The maximum atomic E-state index is 5.84. The van der Waals surface area contributed by atoms with Crippen molar-refractivity contribution in [2.75, 3.05) is 0 Å². The Hall–Kier alpha value is -0.860. The van der Waals surface area contributed by atoms with Gasteiger partial charge < -0.3 is 0 Å². The van der Waals surface area contributed by atoms with Crippen molar-refractivity contribution in [2.24, 2.45) is 17.7 Å². The molecule has 18 heavy (non-hydrogen) atoms. The van der Waals surface area contributed by atoms with Gasteiger partial charge in [0.15, 0.2) is 0 Å². The zero-order valence-corrected chi connectivity index (χ0v) is 11.9. The van der Waals surface area contributed by atoms with Crippen LogP contribution in [0.3, 0.4) is 0 Å². The summed E-state index contributed by atoms with van der Waals surface area (Å²) in [6, 6.07) is 7.00. The van der Waals surface area contributed by atoms with E-state index in [1.54, 1.807) is 0 Å². The molecule has 0 bridgehead atoms. The summed E-state index contributed by atoms with van der Waals surface area (Å²) in [5.41, 5.74) is 7.13. The van der Waals surface area contributed by atoms with Crippen LogP contribution in [-0.4, -0.2) is 0 Å². The SMILES string of the molecule is CCC1CCC(C(NN)c2cc(C)ccc2C)C1. The van der Waals surface area contributed by atoms with Crippen molar-refractivity contribution >= 4 is 0 Å². The molecule has 1 aromatic carbocycles. The molecule has 1 aliphatic rings. The second-order valence-corrected chi connectivity index (χ2v) is 5.85. The summed E-state index contributed by atoms with van der Waals surface area (Å²) in [6.07, 6.45) is 5.30. The quantitative estimate of drug-likeness (QED) is 0.629. The Morgan fingerprint density at radius 1 is 1.33 bits per heavy atom. The molecule has 1 aromatic rings. The van der Waals surface area contributed by atoms with Crippen molar-refractivity contribution in [1.82, 2.24) is 5.43 Å². The van der Waals surface area contributed by atoms with Gasteiger partial charge in [0.25, 0.3) is 0 Å². The van der Waals surface area contributed by atoms with Gasteiger partial charge in [-0.25, -0.2) is 0 Å². The number of hydrazine groups is 1. The smallest absolute Gasteiger partial charge is 0.0490 e. The topological polar surface area (TPSA) is 38.0 Å². The molecular weight excluding hydrogens is 220 g/mol. The highest BCUT2D eigenvalue weighted by atomic mass is 15.2. The lowest BCUT2D eigenvalue weighted by molar-refractivity contribution is 0.357. The summed E-state index contributed by atoms with van der Waals surface area (Å²) < 4.78 is 0. The third-order valence-electron chi connectivity index (χ3n) is 4.58. The van der Waals surface area contributed by atoms with Gasteiger partial charge in [-0.05, 0) is 49.7 Å². The Morgan fingerprint density at radius 3 is 2.72 bits per heavy atom. The van der Waals surface area contributed by atoms with E-state index in [0.29, 0.717) is 12.0 Å². The van der Waals surface area contributed by atoms with Crippen LogP contribution in [0.5, 0.6) is 0 Å². The zero-order valence-electron chi connectivity index (χ0n) is 11.9. The Kier molecular flexibility index (Phi) is 4.41. The predicted molar refractivity (Wildman–Crippen MR) is 77.1 cm³/mol. The van der Waals surface area contributed by atoms with Crippen LogP contribution in [0.25, 0.3) is 0 Å². The van der Waals surface area contributed by atoms with Gasteiger partial charge in [0, 0.05) is 6.04 Å². The van der Waals surface area contributed by atoms with E-state index in [-0.39, 0.29) is 0 Å².